The first-order valence-corrected chi connectivity index (χ1v) is 13.1. The summed E-state index contributed by atoms with van der Waals surface area (Å²) in [6, 6.07) is 7.67. The summed E-state index contributed by atoms with van der Waals surface area (Å²) in [4.78, 5) is 45.7. The van der Waals surface area contributed by atoms with Gasteiger partial charge in [-0.2, -0.15) is 5.26 Å². The van der Waals surface area contributed by atoms with Gasteiger partial charge in [0.05, 0.1) is 23.2 Å². The number of rotatable bonds is 5. The quantitative estimate of drug-likeness (QED) is 0.641. The van der Waals surface area contributed by atoms with Crippen LogP contribution < -0.4 is 5.32 Å². The van der Waals surface area contributed by atoms with Crippen molar-refractivity contribution in [2.24, 2.45) is 5.92 Å². The third-order valence-corrected chi connectivity index (χ3v) is 8.14. The van der Waals surface area contributed by atoms with Crippen molar-refractivity contribution in [1.29, 1.82) is 5.26 Å². The molecule has 2 saturated heterocycles. The molecule has 3 fully saturated rings. The Morgan fingerprint density at radius 2 is 2.03 bits per heavy atom. The lowest BCUT2D eigenvalue weighted by Crippen LogP contribution is -2.61. The summed E-state index contributed by atoms with van der Waals surface area (Å²) in [6.45, 7) is 5.67. The van der Waals surface area contributed by atoms with Crippen molar-refractivity contribution in [2.75, 3.05) is 46.4 Å². The van der Waals surface area contributed by atoms with Crippen molar-refractivity contribution in [1.82, 2.24) is 24.9 Å². The summed E-state index contributed by atoms with van der Waals surface area (Å²) in [5.74, 6) is -0.124. The molecule has 3 unspecified atom stereocenters. The molecule has 9 nitrogen and oxygen atoms in total. The number of benzene rings is 1. The van der Waals surface area contributed by atoms with E-state index in [1.165, 1.54) is 0 Å². The lowest BCUT2D eigenvalue weighted by molar-refractivity contribution is -0.148. The van der Waals surface area contributed by atoms with Crippen LogP contribution in [0.25, 0.3) is 0 Å². The summed E-state index contributed by atoms with van der Waals surface area (Å²) in [6.07, 6.45) is 3.70. The van der Waals surface area contributed by atoms with Gasteiger partial charge in [-0.3, -0.25) is 24.6 Å². The maximum absolute atomic E-state index is 13.4. The Balaban J connectivity index is 1.33. The molecule has 1 aliphatic carbocycles. The zero-order chi connectivity index (χ0) is 25.8. The van der Waals surface area contributed by atoms with Gasteiger partial charge in [0.15, 0.2) is 0 Å². The van der Waals surface area contributed by atoms with Gasteiger partial charge in [-0.15, -0.1) is 0 Å². The van der Waals surface area contributed by atoms with Crippen molar-refractivity contribution in [2.45, 2.75) is 51.2 Å². The van der Waals surface area contributed by atoms with Gasteiger partial charge >= 0.3 is 0 Å². The van der Waals surface area contributed by atoms with Gasteiger partial charge in [-0.1, -0.05) is 17.7 Å². The molecule has 3 atom stereocenters. The lowest BCUT2D eigenvalue weighted by atomic mass is 9.79. The van der Waals surface area contributed by atoms with Crippen molar-refractivity contribution < 1.29 is 14.4 Å². The fraction of sp³-hybridized carbons (Fsp3) is 0.615. The number of nitriles is 1. The number of amides is 3. The number of hydrogen-bond donors (Lipinski definition) is 1. The van der Waals surface area contributed by atoms with E-state index in [0.717, 1.165) is 57.4 Å². The number of hydrogen-bond acceptors (Lipinski definition) is 6. The van der Waals surface area contributed by atoms with Crippen LogP contribution in [-0.4, -0.2) is 95.8 Å². The molecule has 10 heteroatoms. The molecule has 0 bridgehead atoms. The second-order valence-electron chi connectivity index (χ2n) is 10.1. The Labute approximate surface area is 217 Å². The standard InChI is InChI=1S/C26H35ClN6O3/c1-18(34)31-8-3-9-32(11-10-31)21-5-7-24-22(13-21)26(36)33(17-29-24)16-25(35)30(2)15-19-4-6-23(27)20(12-19)14-28/h4,6,12,21-22,24,29H,3,5,7-11,13,15-17H2,1-2H3. The summed E-state index contributed by atoms with van der Waals surface area (Å²) in [5.41, 5.74) is 1.19. The first-order chi connectivity index (χ1) is 17.3. The monoisotopic (exact) mass is 514 g/mol. The highest BCUT2D eigenvalue weighted by Crippen LogP contribution is 2.32. The fourth-order valence-corrected chi connectivity index (χ4v) is 5.85. The molecule has 1 aromatic carbocycles. The van der Waals surface area contributed by atoms with Crippen LogP contribution in [0.4, 0.5) is 0 Å². The summed E-state index contributed by atoms with van der Waals surface area (Å²) in [7, 11) is 1.70. The maximum Gasteiger partial charge on any atom is 0.242 e. The largest absolute Gasteiger partial charge is 0.342 e. The van der Waals surface area contributed by atoms with Crippen molar-refractivity contribution in [3.05, 3.63) is 34.3 Å². The Morgan fingerprint density at radius 1 is 1.22 bits per heavy atom. The molecule has 1 saturated carbocycles. The summed E-state index contributed by atoms with van der Waals surface area (Å²) < 4.78 is 0. The highest BCUT2D eigenvalue weighted by molar-refractivity contribution is 6.31. The van der Waals surface area contributed by atoms with E-state index in [2.05, 4.69) is 16.3 Å². The van der Waals surface area contributed by atoms with Crippen molar-refractivity contribution in [3.63, 3.8) is 0 Å². The van der Waals surface area contributed by atoms with E-state index in [0.29, 0.717) is 29.8 Å². The van der Waals surface area contributed by atoms with E-state index in [1.54, 1.807) is 42.0 Å². The third-order valence-electron chi connectivity index (χ3n) is 7.81. The summed E-state index contributed by atoms with van der Waals surface area (Å²) >= 11 is 6.01. The zero-order valence-corrected chi connectivity index (χ0v) is 21.8. The first kappa shape index (κ1) is 26.4. The van der Waals surface area contributed by atoms with Crippen LogP contribution in [0.3, 0.4) is 0 Å². The molecule has 2 aliphatic heterocycles. The molecule has 2 heterocycles. The molecule has 0 radical (unpaired) electrons. The average molecular weight is 515 g/mol. The molecule has 36 heavy (non-hydrogen) atoms. The predicted octanol–water partition coefficient (Wildman–Crippen LogP) is 1.65. The van der Waals surface area contributed by atoms with E-state index in [4.69, 9.17) is 11.6 Å². The Bertz CT molecular complexity index is 1040. The highest BCUT2D eigenvalue weighted by Gasteiger charge is 2.42. The van der Waals surface area contributed by atoms with Crippen LogP contribution in [0, 0.1) is 17.2 Å². The van der Waals surface area contributed by atoms with Crippen LogP contribution in [0.5, 0.6) is 0 Å². The van der Waals surface area contributed by atoms with Gasteiger partial charge in [0.1, 0.15) is 12.6 Å². The molecule has 3 aliphatic rings. The van der Waals surface area contributed by atoms with Gasteiger partial charge in [0.2, 0.25) is 17.7 Å². The zero-order valence-electron chi connectivity index (χ0n) is 21.1. The molecular weight excluding hydrogens is 480 g/mol. The number of nitrogens with zero attached hydrogens (tertiary/aromatic N) is 5. The van der Waals surface area contributed by atoms with E-state index in [1.807, 2.05) is 4.90 Å². The number of fused-ring (bicyclic) bond motifs is 1. The smallest absolute Gasteiger partial charge is 0.242 e. The molecular formula is C26H35ClN6O3. The van der Waals surface area contributed by atoms with Gasteiger partial charge in [-0.05, 0) is 43.4 Å². The summed E-state index contributed by atoms with van der Waals surface area (Å²) in [5, 5.41) is 13.1. The molecule has 4 rings (SSSR count). The molecule has 3 amide bonds. The topological polar surface area (TPSA) is 100.0 Å². The second-order valence-corrected chi connectivity index (χ2v) is 10.6. The molecule has 0 aromatic heterocycles. The number of nitrogens with one attached hydrogen (secondary N) is 1. The van der Waals surface area contributed by atoms with Crippen LogP contribution in [0.15, 0.2) is 18.2 Å². The van der Waals surface area contributed by atoms with E-state index >= 15 is 0 Å². The Kier molecular flexibility index (Phi) is 8.50. The van der Waals surface area contributed by atoms with Crippen molar-refractivity contribution >= 4 is 29.3 Å². The number of carbonyl (C=O) groups excluding carboxylic acids is 3. The Hall–Kier alpha value is -2.67. The van der Waals surface area contributed by atoms with Crippen LogP contribution >= 0.6 is 11.6 Å². The minimum Gasteiger partial charge on any atom is -0.342 e. The SMILES string of the molecule is CC(=O)N1CCCN(C2CCC3NCN(CC(=O)N(C)Cc4ccc(Cl)c(C#N)c4)C(=O)C3C2)CC1. The van der Waals surface area contributed by atoms with Gasteiger partial charge in [0, 0.05) is 58.8 Å². The first-order valence-electron chi connectivity index (χ1n) is 12.7. The van der Waals surface area contributed by atoms with Crippen LogP contribution in [-0.2, 0) is 20.9 Å². The van der Waals surface area contributed by atoms with Gasteiger partial charge in [0.25, 0.3) is 0 Å². The van der Waals surface area contributed by atoms with E-state index in [9.17, 15) is 19.6 Å². The van der Waals surface area contributed by atoms with Crippen LogP contribution in [0.1, 0.15) is 43.7 Å². The van der Waals surface area contributed by atoms with E-state index < -0.39 is 0 Å². The molecule has 1 N–H and O–H groups in total. The van der Waals surface area contributed by atoms with Crippen molar-refractivity contribution in [3.8, 4) is 6.07 Å². The molecule has 1 aromatic rings. The number of halogens is 1. The minimum absolute atomic E-state index is 0.0200. The number of carbonyl (C=O) groups is 3. The normalized spacial score (nSPS) is 25.1. The molecule has 0 spiro atoms. The lowest BCUT2D eigenvalue weighted by Gasteiger charge is -2.45. The van der Waals surface area contributed by atoms with Crippen LogP contribution in [0.2, 0.25) is 5.02 Å². The van der Waals surface area contributed by atoms with E-state index in [-0.39, 0.29) is 36.2 Å². The minimum atomic E-state index is -0.152. The highest BCUT2D eigenvalue weighted by atomic mass is 35.5. The number of likely N-dealkylation sites (N-methyl/N-ethyl adjacent to an activating group) is 1. The van der Waals surface area contributed by atoms with Gasteiger partial charge in [-0.25, -0.2) is 0 Å². The fourth-order valence-electron chi connectivity index (χ4n) is 5.69. The van der Waals surface area contributed by atoms with Gasteiger partial charge < -0.3 is 14.7 Å². The predicted molar refractivity (Wildman–Crippen MR) is 136 cm³/mol. The Morgan fingerprint density at radius 3 is 2.78 bits per heavy atom. The second kappa shape index (κ2) is 11.6. The maximum atomic E-state index is 13.4. The third kappa shape index (κ3) is 6.00. The molecule has 194 valence electrons. The average Bonchev–Trinajstić information content (AvgIpc) is 3.13.